The number of hydrogen-bond donors (Lipinski definition) is 0. The van der Waals surface area contributed by atoms with Gasteiger partial charge >= 0.3 is 0 Å². The number of benzene rings is 1. The number of rotatable bonds is 6. The summed E-state index contributed by atoms with van der Waals surface area (Å²) in [6.07, 6.45) is 3.81. The van der Waals surface area contributed by atoms with Crippen molar-refractivity contribution in [3.8, 4) is 0 Å². The average molecular weight is 369 g/mol. The van der Waals surface area contributed by atoms with Gasteiger partial charge in [0.05, 0.1) is 5.69 Å². The lowest BCUT2D eigenvalue weighted by Gasteiger charge is -2.31. The summed E-state index contributed by atoms with van der Waals surface area (Å²) in [7, 11) is 1.89. The van der Waals surface area contributed by atoms with Crippen molar-refractivity contribution in [2.45, 2.75) is 59.0 Å². The fraction of sp³-hybridized carbons (Fsp3) is 0.545. The number of hydrogen-bond acceptors (Lipinski definition) is 3. The van der Waals surface area contributed by atoms with Gasteiger partial charge in [-0.15, -0.1) is 0 Å². The Hall–Kier alpha value is -2.30. The molecule has 0 unspecified atom stereocenters. The van der Waals surface area contributed by atoms with Crippen molar-refractivity contribution in [2.24, 2.45) is 0 Å². The number of carbonyl (C=O) groups is 1. The Morgan fingerprint density at radius 2 is 1.89 bits per heavy atom. The maximum Gasteiger partial charge on any atom is 0.272 e. The first-order chi connectivity index (χ1) is 13.0. The zero-order chi connectivity index (χ0) is 19.4. The summed E-state index contributed by atoms with van der Waals surface area (Å²) >= 11 is 0. The quantitative estimate of drug-likeness (QED) is 0.764. The third-order valence-corrected chi connectivity index (χ3v) is 5.35. The molecule has 2 heterocycles. The van der Waals surface area contributed by atoms with E-state index in [2.05, 4.69) is 48.1 Å². The smallest absolute Gasteiger partial charge is 0.272 e. The third-order valence-electron chi connectivity index (χ3n) is 5.35. The molecule has 0 radical (unpaired) electrons. The molecule has 1 aliphatic heterocycles. The highest BCUT2D eigenvalue weighted by Crippen LogP contribution is 2.25. The van der Waals surface area contributed by atoms with Crippen LogP contribution in [0, 0.1) is 0 Å². The van der Waals surface area contributed by atoms with Crippen LogP contribution in [0.2, 0.25) is 0 Å². The van der Waals surface area contributed by atoms with Gasteiger partial charge in [0.2, 0.25) is 0 Å². The predicted molar refractivity (Wildman–Crippen MR) is 110 cm³/mol. The molecule has 0 spiro atoms. The standard InChI is InChI=1S/C22H32N4O/c1-5-26-21(15-19(23-26)17(2)3)22(27)24(4)16-18-11-7-8-12-20(18)25-13-9-6-10-14-25/h7-8,11-12,15,17H,5-6,9-10,13-14,16H2,1-4H3. The Morgan fingerprint density at radius 1 is 1.19 bits per heavy atom. The van der Waals surface area contributed by atoms with Crippen molar-refractivity contribution >= 4 is 11.6 Å². The highest BCUT2D eigenvalue weighted by atomic mass is 16.2. The minimum Gasteiger partial charge on any atom is -0.371 e. The Balaban J connectivity index is 1.79. The van der Waals surface area contributed by atoms with Gasteiger partial charge in [0.1, 0.15) is 5.69 Å². The largest absolute Gasteiger partial charge is 0.371 e. The molecule has 1 aromatic heterocycles. The van der Waals surface area contributed by atoms with Crippen LogP contribution in [0.4, 0.5) is 5.69 Å². The van der Waals surface area contributed by atoms with Crippen LogP contribution in [-0.4, -0.2) is 40.7 Å². The molecule has 1 fully saturated rings. The van der Waals surface area contributed by atoms with Gasteiger partial charge in [-0.25, -0.2) is 0 Å². The van der Waals surface area contributed by atoms with Crippen LogP contribution < -0.4 is 4.90 Å². The fourth-order valence-electron chi connectivity index (χ4n) is 3.74. The van der Waals surface area contributed by atoms with Crippen molar-refractivity contribution in [3.05, 3.63) is 47.3 Å². The molecule has 0 bridgehead atoms. The second-order valence-corrected chi connectivity index (χ2v) is 7.76. The zero-order valence-electron chi connectivity index (χ0n) is 17.1. The molecule has 2 aromatic rings. The molecule has 1 saturated heterocycles. The van der Waals surface area contributed by atoms with Crippen LogP contribution in [0.3, 0.4) is 0 Å². The minimum absolute atomic E-state index is 0.0321. The van der Waals surface area contributed by atoms with Crippen molar-refractivity contribution in [1.29, 1.82) is 0 Å². The molecule has 0 N–H and O–H groups in total. The van der Waals surface area contributed by atoms with Gasteiger partial charge < -0.3 is 9.80 Å². The second kappa shape index (κ2) is 8.59. The SMILES string of the molecule is CCn1nc(C(C)C)cc1C(=O)N(C)Cc1ccccc1N1CCCCC1. The predicted octanol–water partition coefficient (Wildman–Crippen LogP) is 4.29. The van der Waals surface area contributed by atoms with Gasteiger partial charge in [0.25, 0.3) is 5.91 Å². The molecule has 1 aromatic carbocycles. The Bertz CT molecular complexity index is 774. The number of amides is 1. The lowest BCUT2D eigenvalue weighted by atomic mass is 10.1. The molecule has 5 heteroatoms. The Kier molecular flexibility index (Phi) is 6.19. The molecule has 0 atom stereocenters. The zero-order valence-corrected chi connectivity index (χ0v) is 17.1. The van der Waals surface area contributed by atoms with E-state index in [9.17, 15) is 4.79 Å². The van der Waals surface area contributed by atoms with Crippen LogP contribution in [0.1, 0.15) is 67.7 Å². The van der Waals surface area contributed by atoms with Gasteiger partial charge in [-0.3, -0.25) is 9.48 Å². The van der Waals surface area contributed by atoms with E-state index in [1.165, 1.54) is 30.5 Å². The van der Waals surface area contributed by atoms with E-state index in [4.69, 9.17) is 0 Å². The van der Waals surface area contributed by atoms with Gasteiger partial charge in [-0.2, -0.15) is 5.10 Å². The Labute approximate surface area is 163 Å². The maximum absolute atomic E-state index is 13.1. The van der Waals surface area contributed by atoms with Crippen molar-refractivity contribution in [1.82, 2.24) is 14.7 Å². The van der Waals surface area contributed by atoms with Crippen LogP contribution in [0.5, 0.6) is 0 Å². The van der Waals surface area contributed by atoms with E-state index in [1.54, 1.807) is 0 Å². The van der Waals surface area contributed by atoms with Crippen LogP contribution in [-0.2, 0) is 13.1 Å². The third kappa shape index (κ3) is 4.34. The van der Waals surface area contributed by atoms with E-state index < -0.39 is 0 Å². The number of nitrogens with zero attached hydrogens (tertiary/aromatic N) is 4. The molecule has 27 heavy (non-hydrogen) atoms. The highest BCUT2D eigenvalue weighted by molar-refractivity contribution is 5.92. The topological polar surface area (TPSA) is 41.4 Å². The molecular formula is C22H32N4O. The molecule has 3 rings (SSSR count). The normalized spacial score (nSPS) is 14.6. The molecule has 146 valence electrons. The van der Waals surface area contributed by atoms with Crippen LogP contribution in [0.15, 0.2) is 30.3 Å². The van der Waals surface area contributed by atoms with Gasteiger partial charge in [-0.1, -0.05) is 32.0 Å². The number of aromatic nitrogens is 2. The van der Waals surface area contributed by atoms with E-state index in [1.807, 2.05) is 29.6 Å². The van der Waals surface area contributed by atoms with E-state index in [0.29, 0.717) is 24.7 Å². The summed E-state index contributed by atoms with van der Waals surface area (Å²) in [6, 6.07) is 10.4. The first-order valence-electron chi connectivity index (χ1n) is 10.2. The summed E-state index contributed by atoms with van der Waals surface area (Å²) in [5, 5.41) is 4.59. The number of carbonyl (C=O) groups excluding carboxylic acids is 1. The van der Waals surface area contributed by atoms with Crippen LogP contribution in [0.25, 0.3) is 0 Å². The molecule has 0 saturated carbocycles. The van der Waals surface area contributed by atoms with E-state index >= 15 is 0 Å². The van der Waals surface area contributed by atoms with E-state index in [-0.39, 0.29) is 5.91 Å². The molecule has 1 amide bonds. The average Bonchev–Trinajstić information content (AvgIpc) is 3.13. The molecule has 5 nitrogen and oxygen atoms in total. The summed E-state index contributed by atoms with van der Waals surface area (Å²) in [5.74, 6) is 0.346. The first kappa shape index (κ1) is 19.5. The first-order valence-corrected chi connectivity index (χ1v) is 10.2. The molecular weight excluding hydrogens is 336 g/mol. The minimum atomic E-state index is 0.0321. The second-order valence-electron chi connectivity index (χ2n) is 7.76. The number of piperidine rings is 1. The lowest BCUT2D eigenvalue weighted by Crippen LogP contribution is -2.32. The summed E-state index contributed by atoms with van der Waals surface area (Å²) in [4.78, 5) is 17.4. The summed E-state index contributed by atoms with van der Waals surface area (Å²) in [6.45, 7) is 9.76. The summed E-state index contributed by atoms with van der Waals surface area (Å²) in [5.41, 5.74) is 4.13. The van der Waals surface area contributed by atoms with Crippen molar-refractivity contribution in [3.63, 3.8) is 0 Å². The molecule has 0 aliphatic carbocycles. The monoisotopic (exact) mass is 368 g/mol. The van der Waals surface area contributed by atoms with Gasteiger partial charge in [0, 0.05) is 38.9 Å². The Morgan fingerprint density at radius 3 is 2.56 bits per heavy atom. The highest BCUT2D eigenvalue weighted by Gasteiger charge is 2.21. The van der Waals surface area contributed by atoms with Crippen molar-refractivity contribution < 1.29 is 4.79 Å². The fourth-order valence-corrected chi connectivity index (χ4v) is 3.74. The number of aryl methyl sites for hydroxylation is 1. The van der Waals surface area contributed by atoms with Gasteiger partial charge in [0.15, 0.2) is 0 Å². The van der Waals surface area contributed by atoms with Crippen LogP contribution >= 0.6 is 0 Å². The lowest BCUT2D eigenvalue weighted by molar-refractivity contribution is 0.0773. The van der Waals surface area contributed by atoms with E-state index in [0.717, 1.165) is 18.8 Å². The maximum atomic E-state index is 13.1. The van der Waals surface area contributed by atoms with Gasteiger partial charge in [-0.05, 0) is 49.8 Å². The van der Waals surface area contributed by atoms with Crippen molar-refractivity contribution in [2.75, 3.05) is 25.0 Å². The molecule has 1 aliphatic rings. The number of anilines is 1. The number of para-hydroxylation sites is 1. The summed E-state index contributed by atoms with van der Waals surface area (Å²) < 4.78 is 1.82.